The molecule has 1 fully saturated rings. The van der Waals surface area contributed by atoms with Crippen LogP contribution in [0.15, 0.2) is 35.3 Å². The summed E-state index contributed by atoms with van der Waals surface area (Å²) in [5.41, 5.74) is 1.41. The van der Waals surface area contributed by atoms with E-state index in [-0.39, 0.29) is 11.5 Å². The van der Waals surface area contributed by atoms with Crippen LogP contribution in [0.4, 0.5) is 4.39 Å². The van der Waals surface area contributed by atoms with E-state index in [1.807, 2.05) is 0 Å². The predicted molar refractivity (Wildman–Crippen MR) is 79.7 cm³/mol. The first-order chi connectivity index (χ1) is 10.2. The highest BCUT2D eigenvalue weighted by Crippen LogP contribution is 2.14. The molecule has 3 rings (SSSR count). The van der Waals surface area contributed by atoms with E-state index < -0.39 is 5.82 Å². The summed E-state index contributed by atoms with van der Waals surface area (Å²) in [6, 6.07) is 3.56. The van der Waals surface area contributed by atoms with Gasteiger partial charge in [0.2, 0.25) is 0 Å². The van der Waals surface area contributed by atoms with Gasteiger partial charge in [-0.2, -0.15) is 11.3 Å². The van der Waals surface area contributed by atoms with Gasteiger partial charge in [-0.05, 0) is 28.5 Å². The van der Waals surface area contributed by atoms with E-state index in [1.165, 1.54) is 17.8 Å². The highest BCUT2D eigenvalue weighted by Gasteiger charge is 2.24. The lowest BCUT2D eigenvalue weighted by molar-refractivity contribution is 0.0624. The van der Waals surface area contributed by atoms with E-state index in [4.69, 9.17) is 0 Å². The predicted octanol–water partition coefficient (Wildman–Crippen LogP) is 2.24. The average Bonchev–Trinajstić information content (AvgIpc) is 3.01. The van der Waals surface area contributed by atoms with Crippen LogP contribution in [0.5, 0.6) is 0 Å². The summed E-state index contributed by atoms with van der Waals surface area (Å²) in [6.07, 6.45) is 2.53. The van der Waals surface area contributed by atoms with E-state index in [2.05, 4.69) is 26.7 Å². The van der Waals surface area contributed by atoms with Gasteiger partial charge in [-0.15, -0.1) is 0 Å². The standard InChI is InChI=1S/C15H16FN3OS/c16-14-9-17-3-1-13(14)15(20)19-6-4-18(5-7-19)10-12-2-8-21-11-12/h1-3,8-9,11H,4-7,10H2. The molecule has 2 aromatic heterocycles. The van der Waals surface area contributed by atoms with Crippen LogP contribution in [0.3, 0.4) is 0 Å². The molecule has 0 spiro atoms. The zero-order chi connectivity index (χ0) is 14.7. The normalized spacial score (nSPS) is 16.1. The topological polar surface area (TPSA) is 36.4 Å². The summed E-state index contributed by atoms with van der Waals surface area (Å²) in [6.45, 7) is 3.80. The van der Waals surface area contributed by atoms with Gasteiger partial charge in [0, 0.05) is 38.9 Å². The maximum absolute atomic E-state index is 13.6. The van der Waals surface area contributed by atoms with Crippen molar-refractivity contribution in [3.8, 4) is 0 Å². The van der Waals surface area contributed by atoms with Gasteiger partial charge in [0.25, 0.3) is 5.91 Å². The van der Waals surface area contributed by atoms with E-state index in [9.17, 15) is 9.18 Å². The zero-order valence-electron chi connectivity index (χ0n) is 11.5. The molecular formula is C15H16FN3OS. The second-order valence-corrected chi connectivity index (χ2v) is 5.84. The van der Waals surface area contributed by atoms with Gasteiger partial charge in [0.1, 0.15) is 0 Å². The maximum Gasteiger partial charge on any atom is 0.257 e. The van der Waals surface area contributed by atoms with Crippen molar-refractivity contribution in [2.45, 2.75) is 6.54 Å². The first kappa shape index (κ1) is 14.2. The molecule has 0 atom stereocenters. The number of carbonyl (C=O) groups is 1. The summed E-state index contributed by atoms with van der Waals surface area (Å²) in [7, 11) is 0. The second-order valence-electron chi connectivity index (χ2n) is 5.06. The molecule has 21 heavy (non-hydrogen) atoms. The lowest BCUT2D eigenvalue weighted by atomic mass is 10.2. The molecule has 0 bridgehead atoms. The minimum Gasteiger partial charge on any atom is -0.336 e. The largest absolute Gasteiger partial charge is 0.336 e. The van der Waals surface area contributed by atoms with Crippen molar-refractivity contribution in [2.75, 3.05) is 26.2 Å². The number of hydrogen-bond donors (Lipinski definition) is 0. The quantitative estimate of drug-likeness (QED) is 0.872. The Morgan fingerprint density at radius 2 is 2.10 bits per heavy atom. The van der Waals surface area contributed by atoms with Crippen molar-refractivity contribution in [2.24, 2.45) is 0 Å². The van der Waals surface area contributed by atoms with Gasteiger partial charge >= 0.3 is 0 Å². The molecule has 1 saturated heterocycles. The smallest absolute Gasteiger partial charge is 0.257 e. The van der Waals surface area contributed by atoms with Gasteiger partial charge in [-0.3, -0.25) is 14.7 Å². The first-order valence-electron chi connectivity index (χ1n) is 6.86. The van der Waals surface area contributed by atoms with Crippen molar-refractivity contribution < 1.29 is 9.18 Å². The second kappa shape index (κ2) is 6.32. The summed E-state index contributed by atoms with van der Waals surface area (Å²) < 4.78 is 13.6. The molecule has 4 nitrogen and oxygen atoms in total. The molecule has 0 N–H and O–H groups in total. The molecule has 2 aromatic rings. The van der Waals surface area contributed by atoms with Gasteiger partial charge in [-0.1, -0.05) is 0 Å². The van der Waals surface area contributed by atoms with E-state index in [0.29, 0.717) is 13.1 Å². The molecule has 0 unspecified atom stereocenters. The van der Waals surface area contributed by atoms with E-state index >= 15 is 0 Å². The molecule has 1 aliphatic rings. The molecule has 1 aliphatic heterocycles. The number of aromatic nitrogens is 1. The molecule has 0 saturated carbocycles. The Morgan fingerprint density at radius 1 is 1.29 bits per heavy atom. The molecule has 0 radical (unpaired) electrons. The highest BCUT2D eigenvalue weighted by molar-refractivity contribution is 7.07. The molecule has 0 aromatic carbocycles. The summed E-state index contributed by atoms with van der Waals surface area (Å²) in [5.74, 6) is -0.798. The molecule has 6 heteroatoms. The van der Waals surface area contributed by atoms with Crippen LogP contribution in [0, 0.1) is 5.82 Å². The third-order valence-electron chi connectivity index (χ3n) is 3.65. The third-order valence-corrected chi connectivity index (χ3v) is 4.38. The number of hydrogen-bond acceptors (Lipinski definition) is 4. The van der Waals surface area contributed by atoms with Gasteiger partial charge in [0.15, 0.2) is 5.82 Å². The number of carbonyl (C=O) groups excluding carboxylic acids is 1. The lowest BCUT2D eigenvalue weighted by Crippen LogP contribution is -2.48. The van der Waals surface area contributed by atoms with Crippen molar-refractivity contribution in [1.82, 2.24) is 14.8 Å². The summed E-state index contributed by atoms with van der Waals surface area (Å²) >= 11 is 1.69. The van der Waals surface area contributed by atoms with Crippen LogP contribution in [0.2, 0.25) is 0 Å². The third kappa shape index (κ3) is 3.28. The van der Waals surface area contributed by atoms with Crippen LogP contribution in [-0.2, 0) is 6.54 Å². The Hall–Kier alpha value is -1.79. The summed E-state index contributed by atoms with van der Waals surface area (Å²) in [5, 5.41) is 4.21. The Kier molecular flexibility index (Phi) is 4.26. The van der Waals surface area contributed by atoms with E-state index in [1.54, 1.807) is 16.2 Å². The van der Waals surface area contributed by atoms with Crippen LogP contribution in [-0.4, -0.2) is 46.9 Å². The van der Waals surface area contributed by atoms with Crippen molar-refractivity contribution in [1.29, 1.82) is 0 Å². The minimum atomic E-state index is -0.553. The van der Waals surface area contributed by atoms with Crippen LogP contribution >= 0.6 is 11.3 Å². The SMILES string of the molecule is O=C(c1ccncc1F)N1CCN(Cc2ccsc2)CC1. The van der Waals surface area contributed by atoms with Crippen molar-refractivity contribution in [3.63, 3.8) is 0 Å². The number of rotatable bonds is 3. The number of pyridine rings is 1. The number of piperazine rings is 1. The van der Waals surface area contributed by atoms with E-state index in [0.717, 1.165) is 25.8 Å². The van der Waals surface area contributed by atoms with Crippen LogP contribution in [0.1, 0.15) is 15.9 Å². The summed E-state index contributed by atoms with van der Waals surface area (Å²) in [4.78, 5) is 20.0. The van der Waals surface area contributed by atoms with Gasteiger partial charge in [0.05, 0.1) is 11.8 Å². The van der Waals surface area contributed by atoms with Gasteiger partial charge in [-0.25, -0.2) is 4.39 Å². The van der Waals surface area contributed by atoms with Crippen molar-refractivity contribution in [3.05, 3.63) is 52.2 Å². The molecule has 110 valence electrons. The fraction of sp³-hybridized carbons (Fsp3) is 0.333. The Labute approximate surface area is 126 Å². The Morgan fingerprint density at radius 3 is 2.76 bits per heavy atom. The number of amides is 1. The maximum atomic E-state index is 13.6. The zero-order valence-corrected chi connectivity index (χ0v) is 12.4. The minimum absolute atomic E-state index is 0.108. The lowest BCUT2D eigenvalue weighted by Gasteiger charge is -2.34. The molecular weight excluding hydrogens is 289 g/mol. The first-order valence-corrected chi connectivity index (χ1v) is 7.80. The molecule has 0 aliphatic carbocycles. The molecule has 3 heterocycles. The number of thiophene rings is 1. The van der Waals surface area contributed by atoms with Gasteiger partial charge < -0.3 is 4.90 Å². The number of nitrogens with zero attached hydrogens (tertiary/aromatic N) is 3. The number of halogens is 1. The Balaban J connectivity index is 1.58. The van der Waals surface area contributed by atoms with Crippen molar-refractivity contribution >= 4 is 17.2 Å². The fourth-order valence-electron chi connectivity index (χ4n) is 2.47. The monoisotopic (exact) mass is 305 g/mol. The average molecular weight is 305 g/mol. The highest BCUT2D eigenvalue weighted by atomic mass is 32.1. The fourth-order valence-corrected chi connectivity index (χ4v) is 3.13. The van der Waals surface area contributed by atoms with Crippen LogP contribution < -0.4 is 0 Å². The van der Waals surface area contributed by atoms with Crippen LogP contribution in [0.25, 0.3) is 0 Å². The molecule has 1 amide bonds. The Bertz CT molecular complexity index is 609.